The number of hydrogen-bond acceptors (Lipinski definition) is 4. The van der Waals surface area contributed by atoms with Crippen molar-refractivity contribution in [2.24, 2.45) is 0 Å². The average Bonchev–Trinajstić information content (AvgIpc) is 2.98. The van der Waals surface area contributed by atoms with Crippen LogP contribution < -0.4 is 9.80 Å². The van der Waals surface area contributed by atoms with Gasteiger partial charge in [0.05, 0.1) is 11.0 Å². The number of fused-ring (bicyclic) bond motifs is 2. The van der Waals surface area contributed by atoms with Gasteiger partial charge in [0.2, 0.25) is 0 Å². The summed E-state index contributed by atoms with van der Waals surface area (Å²) in [4.78, 5) is 14.5. The van der Waals surface area contributed by atoms with Gasteiger partial charge in [-0.05, 0) is 49.7 Å². The van der Waals surface area contributed by atoms with Crippen LogP contribution in [0.15, 0.2) is 78.9 Å². The van der Waals surface area contributed by atoms with Crippen molar-refractivity contribution >= 4 is 34.0 Å². The molecule has 2 heterocycles. The highest BCUT2D eigenvalue weighted by Gasteiger charge is 2.38. The lowest BCUT2D eigenvalue weighted by atomic mass is 10.2. The van der Waals surface area contributed by atoms with Crippen LogP contribution in [0.5, 0.6) is 0 Å². The fourth-order valence-corrected chi connectivity index (χ4v) is 3.85. The second kappa shape index (κ2) is 6.09. The molecule has 1 aliphatic heterocycles. The van der Waals surface area contributed by atoms with Crippen LogP contribution in [0.1, 0.15) is 12.5 Å². The Morgan fingerprint density at radius 1 is 0.667 bits per heavy atom. The minimum absolute atomic E-state index is 0.0697. The summed E-state index contributed by atoms with van der Waals surface area (Å²) in [6.45, 7) is 4.34. The first kappa shape index (κ1) is 15.8. The van der Waals surface area contributed by atoms with E-state index >= 15 is 0 Å². The zero-order chi connectivity index (χ0) is 18.4. The van der Waals surface area contributed by atoms with Crippen LogP contribution in [0, 0.1) is 6.92 Å². The van der Waals surface area contributed by atoms with Crippen LogP contribution >= 0.6 is 0 Å². The Labute approximate surface area is 158 Å². The molecule has 0 saturated carbocycles. The van der Waals surface area contributed by atoms with E-state index in [-0.39, 0.29) is 6.17 Å². The third kappa shape index (κ3) is 2.45. The van der Waals surface area contributed by atoms with Gasteiger partial charge in [-0.1, -0.05) is 48.5 Å². The smallest absolute Gasteiger partial charge is 0.179 e. The molecule has 0 spiro atoms. The maximum atomic E-state index is 5.00. The largest absolute Gasteiger partial charge is 0.302 e. The zero-order valence-electron chi connectivity index (χ0n) is 15.4. The molecule has 0 fully saturated rings. The molecule has 4 heteroatoms. The Kier molecular flexibility index (Phi) is 3.57. The number of para-hydroxylation sites is 4. The number of aromatic nitrogens is 2. The number of aryl methyl sites for hydroxylation is 1. The third-order valence-corrected chi connectivity index (χ3v) is 5.15. The zero-order valence-corrected chi connectivity index (χ0v) is 15.4. The van der Waals surface area contributed by atoms with Gasteiger partial charge in [0.25, 0.3) is 0 Å². The van der Waals surface area contributed by atoms with Gasteiger partial charge < -0.3 is 9.80 Å². The molecule has 4 nitrogen and oxygen atoms in total. The summed E-state index contributed by atoms with van der Waals surface area (Å²) in [7, 11) is 0. The maximum Gasteiger partial charge on any atom is 0.179 e. The molecular weight excluding hydrogens is 332 g/mol. The van der Waals surface area contributed by atoms with E-state index in [1.807, 2.05) is 30.3 Å². The van der Waals surface area contributed by atoms with Gasteiger partial charge in [0.1, 0.15) is 6.17 Å². The summed E-state index contributed by atoms with van der Waals surface area (Å²) in [6.07, 6.45) is 0.0697. The Hall–Kier alpha value is -3.40. The minimum atomic E-state index is 0.0697. The number of anilines is 4. The van der Waals surface area contributed by atoms with Crippen molar-refractivity contribution in [2.75, 3.05) is 9.80 Å². The summed E-state index contributed by atoms with van der Waals surface area (Å²) < 4.78 is 0. The lowest BCUT2D eigenvalue weighted by Gasteiger charge is -2.30. The Morgan fingerprint density at radius 3 is 1.89 bits per heavy atom. The van der Waals surface area contributed by atoms with Crippen LogP contribution in [0.25, 0.3) is 11.0 Å². The van der Waals surface area contributed by atoms with Crippen molar-refractivity contribution in [3.05, 3.63) is 84.4 Å². The molecule has 1 atom stereocenters. The first-order valence-electron chi connectivity index (χ1n) is 9.20. The van der Waals surface area contributed by atoms with Gasteiger partial charge >= 0.3 is 0 Å². The molecule has 0 bridgehead atoms. The van der Waals surface area contributed by atoms with Crippen molar-refractivity contribution < 1.29 is 0 Å². The van der Waals surface area contributed by atoms with Crippen molar-refractivity contribution in [3.63, 3.8) is 0 Å². The Morgan fingerprint density at radius 2 is 1.22 bits per heavy atom. The molecule has 1 aromatic heterocycles. The SMILES string of the molecule is Cc1ccccc1N1c2nc3ccccc3nc2N(c2ccccc2)C1C. The molecular formula is C23H20N4. The molecule has 5 rings (SSSR count). The lowest BCUT2D eigenvalue weighted by Crippen LogP contribution is -2.35. The first-order chi connectivity index (χ1) is 13.2. The molecule has 1 aliphatic rings. The van der Waals surface area contributed by atoms with E-state index in [1.165, 1.54) is 5.56 Å². The normalized spacial score (nSPS) is 16.0. The molecule has 1 unspecified atom stereocenters. The van der Waals surface area contributed by atoms with E-state index in [0.29, 0.717) is 0 Å². The lowest BCUT2D eigenvalue weighted by molar-refractivity contribution is 0.753. The summed E-state index contributed by atoms with van der Waals surface area (Å²) in [6, 6.07) is 26.9. The van der Waals surface area contributed by atoms with Crippen molar-refractivity contribution in [1.82, 2.24) is 9.97 Å². The quantitative estimate of drug-likeness (QED) is 0.472. The first-order valence-corrected chi connectivity index (χ1v) is 9.20. The van der Waals surface area contributed by atoms with Crippen LogP contribution in [0.3, 0.4) is 0 Å². The number of benzene rings is 3. The second-order valence-corrected chi connectivity index (χ2v) is 6.85. The van der Waals surface area contributed by atoms with Gasteiger partial charge in [0, 0.05) is 11.4 Å². The standard InChI is InChI=1S/C23H20N4/c1-16-10-6-9-15-21(16)27-17(2)26(18-11-4-3-5-12-18)22-23(27)25-20-14-8-7-13-19(20)24-22/h3-15,17H,1-2H3. The van der Waals surface area contributed by atoms with E-state index < -0.39 is 0 Å². The topological polar surface area (TPSA) is 32.3 Å². The van der Waals surface area contributed by atoms with E-state index in [9.17, 15) is 0 Å². The molecule has 132 valence electrons. The molecule has 0 N–H and O–H groups in total. The fraction of sp³-hybridized carbons (Fsp3) is 0.130. The fourth-order valence-electron chi connectivity index (χ4n) is 3.85. The molecule has 27 heavy (non-hydrogen) atoms. The highest BCUT2D eigenvalue weighted by atomic mass is 15.5. The summed E-state index contributed by atoms with van der Waals surface area (Å²) in [5, 5.41) is 0. The Bertz CT molecular complexity index is 1120. The van der Waals surface area contributed by atoms with Crippen LogP contribution in [-0.4, -0.2) is 16.1 Å². The van der Waals surface area contributed by atoms with Gasteiger partial charge in [-0.3, -0.25) is 0 Å². The Balaban J connectivity index is 1.78. The molecule has 0 saturated heterocycles. The number of hydrogen-bond donors (Lipinski definition) is 0. The second-order valence-electron chi connectivity index (χ2n) is 6.85. The monoisotopic (exact) mass is 352 g/mol. The maximum absolute atomic E-state index is 5.00. The van der Waals surface area contributed by atoms with E-state index in [2.05, 4.69) is 72.2 Å². The predicted octanol–water partition coefficient (Wildman–Crippen LogP) is 5.57. The number of rotatable bonds is 2. The van der Waals surface area contributed by atoms with Crippen molar-refractivity contribution in [1.29, 1.82) is 0 Å². The van der Waals surface area contributed by atoms with Crippen molar-refractivity contribution in [3.8, 4) is 0 Å². The van der Waals surface area contributed by atoms with Gasteiger partial charge in [-0.15, -0.1) is 0 Å². The molecule has 0 aliphatic carbocycles. The molecule has 4 aromatic rings. The summed E-state index contributed by atoms with van der Waals surface area (Å²) >= 11 is 0. The van der Waals surface area contributed by atoms with Gasteiger partial charge in [-0.25, -0.2) is 9.97 Å². The number of nitrogens with zero attached hydrogens (tertiary/aromatic N) is 4. The molecule has 0 radical (unpaired) electrons. The van der Waals surface area contributed by atoms with Crippen LogP contribution in [0.2, 0.25) is 0 Å². The average molecular weight is 352 g/mol. The summed E-state index contributed by atoms with van der Waals surface area (Å²) in [5.74, 6) is 1.80. The minimum Gasteiger partial charge on any atom is -0.302 e. The summed E-state index contributed by atoms with van der Waals surface area (Å²) in [5.41, 5.74) is 5.33. The van der Waals surface area contributed by atoms with Crippen LogP contribution in [-0.2, 0) is 0 Å². The predicted molar refractivity (Wildman–Crippen MR) is 111 cm³/mol. The highest BCUT2D eigenvalue weighted by molar-refractivity contribution is 5.89. The van der Waals surface area contributed by atoms with Crippen LogP contribution in [0.4, 0.5) is 23.0 Å². The van der Waals surface area contributed by atoms with Gasteiger partial charge in [-0.2, -0.15) is 0 Å². The molecule has 0 amide bonds. The molecule has 3 aromatic carbocycles. The third-order valence-electron chi connectivity index (χ3n) is 5.15. The highest BCUT2D eigenvalue weighted by Crippen LogP contribution is 2.46. The van der Waals surface area contributed by atoms with E-state index in [1.54, 1.807) is 0 Å². The van der Waals surface area contributed by atoms with Crippen molar-refractivity contribution in [2.45, 2.75) is 20.0 Å². The van der Waals surface area contributed by atoms with E-state index in [4.69, 9.17) is 9.97 Å². The van der Waals surface area contributed by atoms with E-state index in [0.717, 1.165) is 34.0 Å². The van der Waals surface area contributed by atoms with Gasteiger partial charge in [0.15, 0.2) is 11.6 Å².